The van der Waals surface area contributed by atoms with Crippen molar-refractivity contribution < 1.29 is 8.85 Å². The van der Waals surface area contributed by atoms with Crippen molar-refractivity contribution >= 4 is 9.28 Å². The van der Waals surface area contributed by atoms with Crippen LogP contribution >= 0.6 is 0 Å². The highest BCUT2D eigenvalue weighted by atomic mass is 28.3. The van der Waals surface area contributed by atoms with Gasteiger partial charge in [0, 0.05) is 14.2 Å². The molecule has 0 amide bonds. The molecule has 0 aliphatic carbocycles. The molecule has 3 heteroatoms. The molecule has 0 saturated carbocycles. The zero-order chi connectivity index (χ0) is 7.70. The quantitative estimate of drug-likeness (QED) is 0.444. The first-order valence-corrected chi connectivity index (χ1v) is 4.66. The third kappa shape index (κ3) is 7.88. The summed E-state index contributed by atoms with van der Waals surface area (Å²) in [5, 5.41) is 0. The molecule has 0 aromatic heterocycles. The first-order chi connectivity index (χ1) is 4.35. The van der Waals surface area contributed by atoms with Crippen molar-refractivity contribution in [2.75, 3.05) is 14.2 Å². The monoisotopic (exact) mass is 148 g/mol. The summed E-state index contributed by atoms with van der Waals surface area (Å²) in [6, 6.07) is 1.05. The Morgan fingerprint density at radius 3 is 1.56 bits per heavy atom. The van der Waals surface area contributed by atoms with E-state index in [1.807, 2.05) is 0 Å². The van der Waals surface area contributed by atoms with E-state index in [1.54, 1.807) is 14.2 Å². The summed E-state index contributed by atoms with van der Waals surface area (Å²) < 4.78 is 9.93. The van der Waals surface area contributed by atoms with E-state index in [4.69, 9.17) is 8.85 Å². The zero-order valence-electron chi connectivity index (χ0n) is 6.52. The molecule has 0 fully saturated rings. The van der Waals surface area contributed by atoms with Crippen LogP contribution in [0.2, 0.25) is 6.04 Å². The van der Waals surface area contributed by atoms with Crippen LogP contribution in [0.1, 0.15) is 6.92 Å². The van der Waals surface area contributed by atoms with E-state index in [9.17, 15) is 0 Å². The largest absolute Gasteiger partial charge is 0.400 e. The summed E-state index contributed by atoms with van der Waals surface area (Å²) in [6.07, 6.45) is 0. The minimum Gasteiger partial charge on any atom is -0.400 e. The summed E-state index contributed by atoms with van der Waals surface area (Å²) in [5.74, 6) is 0. The lowest BCUT2D eigenvalue weighted by molar-refractivity contribution is 0.279. The molecule has 0 saturated heterocycles. The van der Waals surface area contributed by atoms with Crippen LogP contribution in [0.3, 0.4) is 0 Å². The summed E-state index contributed by atoms with van der Waals surface area (Å²) in [5.41, 5.74) is 0. The topological polar surface area (TPSA) is 18.5 Å². The van der Waals surface area contributed by atoms with Crippen LogP contribution in [-0.2, 0) is 8.85 Å². The molecule has 0 N–H and O–H groups in total. The zero-order valence-corrected chi connectivity index (χ0v) is 7.67. The van der Waals surface area contributed by atoms with Gasteiger partial charge < -0.3 is 8.85 Å². The van der Waals surface area contributed by atoms with Gasteiger partial charge in [-0.25, -0.2) is 0 Å². The molecule has 56 valence electrons. The molecule has 0 aliphatic rings. The smallest absolute Gasteiger partial charge is 0.320 e. The highest BCUT2D eigenvalue weighted by Gasteiger charge is 2.02. The van der Waals surface area contributed by atoms with Crippen molar-refractivity contribution in [2.45, 2.75) is 13.0 Å². The van der Waals surface area contributed by atoms with Gasteiger partial charge in [-0.15, -0.1) is 13.2 Å². The minimum absolute atomic E-state index is 1.05. The Morgan fingerprint density at radius 2 is 1.56 bits per heavy atom. The molecular formula is C6H16O2Si. The third-order valence-electron chi connectivity index (χ3n) is 0.859. The molecule has 0 bridgehead atoms. The summed E-state index contributed by atoms with van der Waals surface area (Å²) in [6.45, 7) is 8.07. The lowest BCUT2D eigenvalue weighted by Gasteiger charge is -2.05. The molecule has 0 heterocycles. The molecule has 0 atom stereocenters. The van der Waals surface area contributed by atoms with Crippen LogP contribution in [0.15, 0.2) is 13.2 Å². The first-order valence-electron chi connectivity index (χ1n) is 2.90. The van der Waals surface area contributed by atoms with E-state index in [-0.39, 0.29) is 0 Å². The molecule has 9 heavy (non-hydrogen) atoms. The van der Waals surface area contributed by atoms with Gasteiger partial charge in [-0.05, 0) is 6.04 Å². The van der Waals surface area contributed by atoms with Crippen LogP contribution in [0, 0.1) is 0 Å². The Bertz CT molecular complexity index is 40.8. The minimum atomic E-state index is -1.17. The van der Waals surface area contributed by atoms with Crippen molar-refractivity contribution in [1.82, 2.24) is 0 Å². The molecule has 2 nitrogen and oxygen atoms in total. The highest BCUT2D eigenvalue weighted by molar-refractivity contribution is 6.44. The van der Waals surface area contributed by atoms with Crippen LogP contribution in [0.5, 0.6) is 0 Å². The second-order valence-electron chi connectivity index (χ2n) is 1.31. The van der Waals surface area contributed by atoms with Gasteiger partial charge in [-0.2, -0.15) is 0 Å². The summed E-state index contributed by atoms with van der Waals surface area (Å²) in [7, 11) is 2.23. The second-order valence-corrected chi connectivity index (χ2v) is 3.93. The average molecular weight is 148 g/mol. The molecule has 0 unspecified atom stereocenters. The molecule has 0 radical (unpaired) electrons. The van der Waals surface area contributed by atoms with E-state index >= 15 is 0 Å². The van der Waals surface area contributed by atoms with E-state index < -0.39 is 9.28 Å². The van der Waals surface area contributed by atoms with Crippen molar-refractivity contribution in [2.24, 2.45) is 0 Å². The molecule has 0 aromatic carbocycles. The predicted molar refractivity (Wildman–Crippen MR) is 42.9 cm³/mol. The lowest BCUT2D eigenvalue weighted by atomic mass is 11.0. The predicted octanol–water partition coefficient (Wildman–Crippen LogP) is 1.32. The van der Waals surface area contributed by atoms with Crippen LogP contribution in [0.25, 0.3) is 0 Å². The van der Waals surface area contributed by atoms with E-state index in [1.165, 1.54) is 0 Å². The first kappa shape index (κ1) is 11.6. The molecule has 0 aliphatic heterocycles. The van der Waals surface area contributed by atoms with Crippen molar-refractivity contribution in [3.8, 4) is 0 Å². The fraction of sp³-hybridized carbons (Fsp3) is 0.667. The maximum absolute atomic E-state index is 4.97. The normalized spacial score (nSPS) is 8.44. The Morgan fingerprint density at radius 1 is 1.22 bits per heavy atom. The van der Waals surface area contributed by atoms with Crippen molar-refractivity contribution in [3.05, 3.63) is 13.2 Å². The summed E-state index contributed by atoms with van der Waals surface area (Å²) in [4.78, 5) is 0. The van der Waals surface area contributed by atoms with E-state index in [2.05, 4.69) is 20.1 Å². The van der Waals surface area contributed by atoms with Crippen molar-refractivity contribution in [1.29, 1.82) is 0 Å². The van der Waals surface area contributed by atoms with Gasteiger partial charge in [0.15, 0.2) is 0 Å². The Balaban J connectivity index is 0. The maximum Gasteiger partial charge on any atom is 0.320 e. The Kier molecular flexibility index (Phi) is 14.0. The fourth-order valence-electron chi connectivity index (χ4n) is 0.430. The third-order valence-corrected chi connectivity index (χ3v) is 2.58. The lowest BCUT2D eigenvalue weighted by Crippen LogP contribution is -2.16. The second kappa shape index (κ2) is 10.8. The van der Waals surface area contributed by atoms with Gasteiger partial charge in [0.05, 0.1) is 0 Å². The average Bonchev–Trinajstić information content (AvgIpc) is 1.96. The highest BCUT2D eigenvalue weighted by Crippen LogP contribution is 1.89. The SMILES string of the molecule is C=C.CC[SiH](OC)OC. The van der Waals surface area contributed by atoms with Gasteiger partial charge in [-0.3, -0.25) is 0 Å². The van der Waals surface area contributed by atoms with Gasteiger partial charge in [-0.1, -0.05) is 6.92 Å². The standard InChI is InChI=1S/C4H12O2Si.C2H4/c1-4-7(5-2)6-3;1-2/h7H,4H2,1-3H3;1-2H2. The molecular weight excluding hydrogens is 132 g/mol. The number of hydrogen-bond donors (Lipinski definition) is 0. The van der Waals surface area contributed by atoms with E-state index in [0.29, 0.717) is 0 Å². The van der Waals surface area contributed by atoms with Gasteiger partial charge in [0.1, 0.15) is 0 Å². The van der Waals surface area contributed by atoms with Gasteiger partial charge >= 0.3 is 9.28 Å². The molecule has 0 spiro atoms. The van der Waals surface area contributed by atoms with Crippen molar-refractivity contribution in [3.63, 3.8) is 0 Å². The summed E-state index contributed by atoms with van der Waals surface area (Å²) >= 11 is 0. The van der Waals surface area contributed by atoms with Crippen LogP contribution in [-0.4, -0.2) is 23.5 Å². The van der Waals surface area contributed by atoms with Gasteiger partial charge in [0.25, 0.3) is 0 Å². The van der Waals surface area contributed by atoms with Crippen LogP contribution in [0.4, 0.5) is 0 Å². The number of rotatable bonds is 3. The maximum atomic E-state index is 4.97. The van der Waals surface area contributed by atoms with E-state index in [0.717, 1.165) is 6.04 Å². The van der Waals surface area contributed by atoms with Crippen LogP contribution < -0.4 is 0 Å². The molecule has 0 rings (SSSR count). The fourth-order valence-corrected chi connectivity index (χ4v) is 1.29. The Hall–Kier alpha value is -0.123. The molecule has 0 aromatic rings. The van der Waals surface area contributed by atoms with Gasteiger partial charge in [0.2, 0.25) is 0 Å². The number of hydrogen-bond acceptors (Lipinski definition) is 2. The Labute approximate surface area is 59.3 Å².